The first-order valence-corrected chi connectivity index (χ1v) is 12.6. The van der Waals surface area contributed by atoms with Crippen molar-refractivity contribution in [3.05, 3.63) is 58.9 Å². The minimum Gasteiger partial charge on any atom is -0.478 e. The highest BCUT2D eigenvalue weighted by Crippen LogP contribution is 2.40. The number of carboxylic acid groups (broad SMARTS) is 2. The zero-order chi connectivity index (χ0) is 30.4. The molecule has 2 rings (SSSR count). The van der Waals surface area contributed by atoms with Crippen LogP contribution in [0.25, 0.3) is 23.5 Å². The SMILES string of the molecule is CC(=O)O[C@H](c1nc(-c2ccc(/C=C/C(=O)O)c([C@@H](OC(C)=O)C(C)(C)C)n2)ccc1/C=C\C(=O)O)C(C)(C)C. The summed E-state index contributed by atoms with van der Waals surface area (Å²) in [4.78, 5) is 56.0. The second-order valence-electron chi connectivity index (χ2n) is 11.4. The lowest BCUT2D eigenvalue weighted by molar-refractivity contribution is -0.153. The van der Waals surface area contributed by atoms with E-state index >= 15 is 0 Å². The molecule has 0 amide bonds. The van der Waals surface area contributed by atoms with Gasteiger partial charge in [-0.2, -0.15) is 0 Å². The van der Waals surface area contributed by atoms with E-state index < -0.39 is 46.9 Å². The zero-order valence-corrected chi connectivity index (χ0v) is 24.0. The summed E-state index contributed by atoms with van der Waals surface area (Å²) in [5, 5.41) is 18.4. The maximum absolute atomic E-state index is 12.0. The van der Waals surface area contributed by atoms with Crippen molar-refractivity contribution in [1.29, 1.82) is 0 Å². The van der Waals surface area contributed by atoms with Gasteiger partial charge >= 0.3 is 23.9 Å². The van der Waals surface area contributed by atoms with Gasteiger partial charge in [0.2, 0.25) is 0 Å². The van der Waals surface area contributed by atoms with Crippen LogP contribution in [0.2, 0.25) is 0 Å². The van der Waals surface area contributed by atoms with E-state index in [4.69, 9.17) is 19.4 Å². The second kappa shape index (κ2) is 12.7. The first-order valence-electron chi connectivity index (χ1n) is 12.6. The largest absolute Gasteiger partial charge is 0.478 e. The fraction of sp³-hybridized carbons (Fsp3) is 0.400. The number of hydrogen-bond donors (Lipinski definition) is 2. The Kier molecular flexibility index (Phi) is 10.1. The predicted molar refractivity (Wildman–Crippen MR) is 149 cm³/mol. The molecule has 0 saturated carbocycles. The van der Waals surface area contributed by atoms with Crippen molar-refractivity contribution >= 4 is 36.0 Å². The van der Waals surface area contributed by atoms with Crippen LogP contribution < -0.4 is 0 Å². The van der Waals surface area contributed by atoms with Crippen molar-refractivity contribution in [3.8, 4) is 11.4 Å². The Morgan fingerprint density at radius 1 is 0.675 bits per heavy atom. The van der Waals surface area contributed by atoms with Crippen LogP contribution in [-0.2, 0) is 28.7 Å². The number of aliphatic carboxylic acids is 2. The molecule has 0 spiro atoms. The molecule has 0 saturated heterocycles. The monoisotopic (exact) mass is 552 g/mol. The van der Waals surface area contributed by atoms with Gasteiger partial charge in [-0.1, -0.05) is 53.7 Å². The number of carboxylic acids is 2. The second-order valence-corrected chi connectivity index (χ2v) is 11.4. The minimum absolute atomic E-state index is 0.336. The highest BCUT2D eigenvalue weighted by atomic mass is 16.5. The molecule has 10 nitrogen and oxygen atoms in total. The molecule has 0 aromatic carbocycles. The Morgan fingerprint density at radius 2 is 1.00 bits per heavy atom. The highest BCUT2D eigenvalue weighted by molar-refractivity contribution is 5.86. The van der Waals surface area contributed by atoms with Gasteiger partial charge in [0, 0.05) is 48.0 Å². The van der Waals surface area contributed by atoms with Crippen LogP contribution in [0.3, 0.4) is 0 Å². The van der Waals surface area contributed by atoms with Crippen molar-refractivity contribution in [1.82, 2.24) is 9.97 Å². The number of ether oxygens (including phenoxy) is 2. The van der Waals surface area contributed by atoms with Crippen molar-refractivity contribution < 1.29 is 38.9 Å². The van der Waals surface area contributed by atoms with Crippen molar-refractivity contribution in [2.75, 3.05) is 0 Å². The van der Waals surface area contributed by atoms with Crippen LogP contribution in [0, 0.1) is 10.8 Å². The molecule has 214 valence electrons. The molecule has 10 heteroatoms. The smallest absolute Gasteiger partial charge is 0.328 e. The number of nitrogens with zero attached hydrogens (tertiary/aromatic N) is 2. The van der Waals surface area contributed by atoms with Crippen LogP contribution >= 0.6 is 0 Å². The van der Waals surface area contributed by atoms with Crippen LogP contribution in [0.5, 0.6) is 0 Å². The average molecular weight is 553 g/mol. The number of hydrogen-bond acceptors (Lipinski definition) is 8. The van der Waals surface area contributed by atoms with E-state index in [1.54, 1.807) is 24.3 Å². The number of rotatable bonds is 9. The molecule has 40 heavy (non-hydrogen) atoms. The molecule has 2 N–H and O–H groups in total. The molecular weight excluding hydrogens is 516 g/mol. The molecule has 2 aromatic rings. The molecule has 0 aliphatic carbocycles. The van der Waals surface area contributed by atoms with Gasteiger partial charge in [-0.05, 0) is 24.3 Å². The van der Waals surface area contributed by atoms with Gasteiger partial charge in [-0.15, -0.1) is 0 Å². The standard InChI is InChI=1S/C30H36N2O8/c1-17(33)39-27(29(3,4)5)25-19(11-15-23(35)36)9-13-21(31-25)22-14-10-20(12-16-24(37)38)26(32-22)28(30(6,7)8)40-18(2)34/h9-16,27-28H,1-8H3,(H,35,36)(H,37,38)/b15-11-,16-12+/t27-,28-/m1/s1. The van der Waals surface area contributed by atoms with E-state index in [2.05, 4.69) is 0 Å². The first kappa shape index (κ1) is 31.9. The Bertz CT molecular complexity index is 1240. The summed E-state index contributed by atoms with van der Waals surface area (Å²) in [5.41, 5.74) is 1.14. The van der Waals surface area contributed by atoms with Crippen LogP contribution in [0.4, 0.5) is 0 Å². The van der Waals surface area contributed by atoms with E-state index in [9.17, 15) is 29.4 Å². The minimum atomic E-state index is -1.15. The molecule has 0 unspecified atom stereocenters. The summed E-state index contributed by atoms with van der Waals surface area (Å²) < 4.78 is 11.3. The fourth-order valence-corrected chi connectivity index (χ4v) is 3.90. The van der Waals surface area contributed by atoms with Crippen LogP contribution in [-0.4, -0.2) is 44.1 Å². The molecule has 2 atom stereocenters. The van der Waals surface area contributed by atoms with Gasteiger partial charge < -0.3 is 19.7 Å². The Balaban J connectivity index is 2.86. The van der Waals surface area contributed by atoms with Gasteiger partial charge in [0.25, 0.3) is 0 Å². The Hall–Kier alpha value is -4.34. The topological polar surface area (TPSA) is 153 Å². The van der Waals surface area contributed by atoms with Crippen molar-refractivity contribution in [2.45, 2.75) is 67.6 Å². The number of carbonyl (C=O) groups excluding carboxylic acids is 2. The zero-order valence-electron chi connectivity index (χ0n) is 24.0. The Morgan fingerprint density at radius 3 is 1.25 bits per heavy atom. The van der Waals surface area contributed by atoms with Crippen LogP contribution in [0.15, 0.2) is 36.4 Å². The Labute approximate surface area is 233 Å². The molecular formula is C30H36N2O8. The summed E-state index contributed by atoms with van der Waals surface area (Å²) in [5.74, 6) is -3.34. The fourth-order valence-electron chi connectivity index (χ4n) is 3.90. The summed E-state index contributed by atoms with van der Waals surface area (Å²) >= 11 is 0. The van der Waals surface area contributed by atoms with E-state index in [1.807, 2.05) is 41.5 Å². The lowest BCUT2D eigenvalue weighted by atomic mass is 9.84. The van der Waals surface area contributed by atoms with Crippen molar-refractivity contribution in [3.63, 3.8) is 0 Å². The average Bonchev–Trinajstić information content (AvgIpc) is 2.81. The van der Waals surface area contributed by atoms with Gasteiger partial charge in [0.1, 0.15) is 12.2 Å². The highest BCUT2D eigenvalue weighted by Gasteiger charge is 2.34. The van der Waals surface area contributed by atoms with E-state index in [0.29, 0.717) is 33.9 Å². The third-order valence-electron chi connectivity index (χ3n) is 5.63. The third-order valence-corrected chi connectivity index (χ3v) is 5.63. The van der Waals surface area contributed by atoms with Crippen molar-refractivity contribution in [2.24, 2.45) is 10.8 Å². The van der Waals surface area contributed by atoms with Gasteiger partial charge in [-0.25, -0.2) is 19.6 Å². The number of esters is 2. The van der Waals surface area contributed by atoms with E-state index in [0.717, 1.165) is 12.2 Å². The molecule has 0 radical (unpaired) electrons. The lowest BCUT2D eigenvalue weighted by Gasteiger charge is -2.31. The van der Waals surface area contributed by atoms with Gasteiger partial charge in [-0.3, -0.25) is 9.59 Å². The third kappa shape index (κ3) is 8.86. The number of aromatic nitrogens is 2. The lowest BCUT2D eigenvalue weighted by Crippen LogP contribution is -2.26. The first-order chi connectivity index (χ1) is 18.4. The van der Waals surface area contributed by atoms with E-state index in [-0.39, 0.29) is 0 Å². The molecule has 2 heterocycles. The number of pyridine rings is 2. The number of carbonyl (C=O) groups is 4. The summed E-state index contributed by atoms with van der Waals surface area (Å²) in [7, 11) is 0. The normalized spacial score (nSPS) is 13.7. The molecule has 0 bridgehead atoms. The predicted octanol–water partition coefficient (Wildman–Crippen LogP) is 5.64. The van der Waals surface area contributed by atoms with Gasteiger partial charge in [0.15, 0.2) is 0 Å². The quantitative estimate of drug-likeness (QED) is 0.295. The molecule has 0 aliphatic rings. The molecule has 0 aliphatic heterocycles. The van der Waals surface area contributed by atoms with Gasteiger partial charge in [0.05, 0.1) is 22.8 Å². The molecule has 2 aromatic heterocycles. The summed E-state index contributed by atoms with van der Waals surface area (Å²) in [6, 6.07) is 6.61. The summed E-state index contributed by atoms with van der Waals surface area (Å²) in [6.45, 7) is 13.8. The van der Waals surface area contributed by atoms with Crippen LogP contribution in [0.1, 0.15) is 90.1 Å². The maximum atomic E-state index is 12.0. The molecule has 0 fully saturated rings. The summed E-state index contributed by atoms with van der Waals surface area (Å²) in [6.07, 6.45) is 3.07. The van der Waals surface area contributed by atoms with E-state index in [1.165, 1.54) is 26.0 Å². The maximum Gasteiger partial charge on any atom is 0.328 e.